The summed E-state index contributed by atoms with van der Waals surface area (Å²) >= 11 is 1.30. The molecule has 0 aliphatic carbocycles. The molecule has 7 nitrogen and oxygen atoms in total. The number of ether oxygens (including phenoxy) is 1. The zero-order valence-corrected chi connectivity index (χ0v) is 17.6. The Hall–Kier alpha value is -3.36. The van der Waals surface area contributed by atoms with Crippen molar-refractivity contribution in [3.63, 3.8) is 0 Å². The molecule has 2 amide bonds. The smallest absolute Gasteiger partial charge is 0.242 e. The lowest BCUT2D eigenvalue weighted by molar-refractivity contribution is -0.125. The van der Waals surface area contributed by atoms with E-state index in [9.17, 15) is 9.59 Å². The SMILES string of the molecule is O=C1C2C3OC(C2C(=O)N1c1nccs1)C1C3C(c2ccccc2)=NN1c1ccccc1. The molecule has 0 saturated carbocycles. The van der Waals surface area contributed by atoms with E-state index in [0.29, 0.717) is 5.13 Å². The second-order valence-electron chi connectivity index (χ2n) is 8.49. The molecular formula is C24H18N4O3S. The van der Waals surface area contributed by atoms with Crippen LogP contribution in [-0.2, 0) is 14.3 Å². The van der Waals surface area contributed by atoms with Crippen LogP contribution in [-0.4, -0.2) is 40.8 Å². The second-order valence-corrected chi connectivity index (χ2v) is 9.36. The molecule has 6 unspecified atom stereocenters. The number of amides is 2. The van der Waals surface area contributed by atoms with E-state index >= 15 is 0 Å². The minimum absolute atomic E-state index is 0.0862. The fourth-order valence-electron chi connectivity index (χ4n) is 5.80. The van der Waals surface area contributed by atoms with Gasteiger partial charge in [0.1, 0.15) is 0 Å². The lowest BCUT2D eigenvalue weighted by atomic mass is 9.70. The number of carbonyl (C=O) groups excluding carboxylic acids is 2. The maximum Gasteiger partial charge on any atom is 0.242 e. The number of anilines is 2. The molecule has 3 saturated heterocycles. The number of aromatic nitrogens is 1. The lowest BCUT2D eigenvalue weighted by Gasteiger charge is -2.32. The Bertz CT molecular complexity index is 1250. The molecule has 3 aromatic rings. The van der Waals surface area contributed by atoms with Gasteiger partial charge in [-0.25, -0.2) is 9.88 Å². The third-order valence-electron chi connectivity index (χ3n) is 6.99. The number of para-hydroxylation sites is 1. The maximum absolute atomic E-state index is 13.4. The number of hydrogen-bond donors (Lipinski definition) is 0. The van der Waals surface area contributed by atoms with Crippen LogP contribution in [0.4, 0.5) is 10.8 Å². The topological polar surface area (TPSA) is 75.1 Å². The second kappa shape index (κ2) is 6.57. The summed E-state index contributed by atoms with van der Waals surface area (Å²) in [6.07, 6.45) is 0.830. The first-order valence-electron chi connectivity index (χ1n) is 10.6. The summed E-state index contributed by atoms with van der Waals surface area (Å²) in [6, 6.07) is 19.9. The summed E-state index contributed by atoms with van der Waals surface area (Å²) < 4.78 is 6.41. The van der Waals surface area contributed by atoms with Gasteiger partial charge in [0.2, 0.25) is 11.8 Å². The van der Waals surface area contributed by atoms with Gasteiger partial charge in [-0.2, -0.15) is 5.10 Å². The van der Waals surface area contributed by atoms with E-state index < -0.39 is 17.9 Å². The Morgan fingerprint density at radius 3 is 2.22 bits per heavy atom. The first-order valence-corrected chi connectivity index (χ1v) is 11.5. The molecule has 7 rings (SSSR count). The van der Waals surface area contributed by atoms with Gasteiger partial charge in [-0.3, -0.25) is 14.6 Å². The molecule has 1 aromatic heterocycles. The molecule has 32 heavy (non-hydrogen) atoms. The van der Waals surface area contributed by atoms with Crippen molar-refractivity contribution in [2.24, 2.45) is 22.9 Å². The Kier molecular flexibility index (Phi) is 3.74. The van der Waals surface area contributed by atoms with Crippen molar-refractivity contribution in [2.75, 3.05) is 9.91 Å². The fourth-order valence-corrected chi connectivity index (χ4v) is 6.45. The van der Waals surface area contributed by atoms with E-state index in [4.69, 9.17) is 9.84 Å². The predicted octanol–water partition coefficient (Wildman–Crippen LogP) is 2.94. The minimum atomic E-state index is -0.505. The van der Waals surface area contributed by atoms with Gasteiger partial charge in [0, 0.05) is 11.6 Å². The van der Waals surface area contributed by atoms with E-state index in [2.05, 4.69) is 4.98 Å². The number of thiazole rings is 1. The molecule has 4 aliphatic heterocycles. The molecular weight excluding hydrogens is 424 g/mol. The van der Waals surface area contributed by atoms with Crippen LogP contribution in [0, 0.1) is 17.8 Å². The molecule has 2 aromatic carbocycles. The van der Waals surface area contributed by atoms with Crippen molar-refractivity contribution in [1.82, 2.24) is 4.98 Å². The van der Waals surface area contributed by atoms with Crippen LogP contribution in [0.3, 0.4) is 0 Å². The quantitative estimate of drug-likeness (QED) is 0.583. The highest BCUT2D eigenvalue weighted by molar-refractivity contribution is 7.14. The van der Waals surface area contributed by atoms with E-state index in [1.807, 2.05) is 65.7 Å². The number of fused-ring (bicyclic) bond motifs is 8. The molecule has 8 heteroatoms. The van der Waals surface area contributed by atoms with Crippen molar-refractivity contribution < 1.29 is 14.3 Å². The summed E-state index contributed by atoms with van der Waals surface area (Å²) in [5.74, 6) is -1.50. The van der Waals surface area contributed by atoms with E-state index in [-0.39, 0.29) is 29.9 Å². The van der Waals surface area contributed by atoms with Crippen LogP contribution in [0.1, 0.15) is 5.56 Å². The average molecular weight is 443 g/mol. The Labute approximate surface area is 187 Å². The van der Waals surface area contributed by atoms with Gasteiger partial charge in [0.25, 0.3) is 0 Å². The van der Waals surface area contributed by atoms with Crippen LogP contribution in [0.5, 0.6) is 0 Å². The number of benzene rings is 2. The highest BCUT2D eigenvalue weighted by Crippen LogP contribution is 2.56. The van der Waals surface area contributed by atoms with Gasteiger partial charge in [0.05, 0.1) is 47.4 Å². The number of rotatable bonds is 3. The van der Waals surface area contributed by atoms with Gasteiger partial charge < -0.3 is 4.74 Å². The van der Waals surface area contributed by atoms with E-state index in [1.165, 1.54) is 16.2 Å². The van der Waals surface area contributed by atoms with Gasteiger partial charge in [-0.15, -0.1) is 11.3 Å². The van der Waals surface area contributed by atoms with Crippen LogP contribution < -0.4 is 9.91 Å². The summed E-state index contributed by atoms with van der Waals surface area (Å²) in [4.78, 5) is 32.3. The normalized spacial score (nSPS) is 32.4. The van der Waals surface area contributed by atoms with Gasteiger partial charge in [-0.1, -0.05) is 48.5 Å². The van der Waals surface area contributed by atoms with Crippen molar-refractivity contribution in [1.29, 1.82) is 0 Å². The first kappa shape index (κ1) is 18.2. The van der Waals surface area contributed by atoms with Crippen LogP contribution in [0.25, 0.3) is 0 Å². The van der Waals surface area contributed by atoms with Gasteiger partial charge >= 0.3 is 0 Å². The Morgan fingerprint density at radius 1 is 0.844 bits per heavy atom. The zero-order valence-electron chi connectivity index (χ0n) is 16.8. The lowest BCUT2D eigenvalue weighted by Crippen LogP contribution is -2.50. The van der Waals surface area contributed by atoms with Crippen molar-refractivity contribution in [2.45, 2.75) is 18.2 Å². The van der Waals surface area contributed by atoms with Gasteiger partial charge in [0.15, 0.2) is 5.13 Å². The minimum Gasteiger partial charge on any atom is -0.370 e. The van der Waals surface area contributed by atoms with E-state index in [1.54, 1.807) is 11.6 Å². The number of nitrogens with zero attached hydrogens (tertiary/aromatic N) is 4. The summed E-state index contributed by atoms with van der Waals surface area (Å²) in [7, 11) is 0. The standard InChI is InChI=1S/C24H18N4O3S/c29-22-15-16(23(30)27(22)24-25-11-12-32-24)21-19-17(20(15)31-21)18(13-7-3-1-4-8-13)26-28(19)14-9-5-2-6-10-14/h1-12,15-17,19-21H. The maximum atomic E-state index is 13.4. The largest absolute Gasteiger partial charge is 0.370 e. The highest BCUT2D eigenvalue weighted by atomic mass is 32.1. The van der Waals surface area contributed by atoms with E-state index in [0.717, 1.165) is 17.0 Å². The number of imide groups is 1. The fraction of sp³-hybridized carbons (Fsp3) is 0.250. The summed E-state index contributed by atoms with van der Waals surface area (Å²) in [5, 5.41) is 9.24. The molecule has 0 N–H and O–H groups in total. The van der Waals surface area contributed by atoms with Gasteiger partial charge in [-0.05, 0) is 17.7 Å². The molecule has 0 spiro atoms. The number of hydrazone groups is 1. The first-order chi connectivity index (χ1) is 15.7. The molecule has 4 aliphatic rings. The average Bonchev–Trinajstić information content (AvgIpc) is 3.63. The molecule has 158 valence electrons. The molecule has 5 heterocycles. The van der Waals surface area contributed by atoms with Crippen molar-refractivity contribution >= 4 is 39.7 Å². The third-order valence-corrected chi connectivity index (χ3v) is 7.75. The monoisotopic (exact) mass is 442 g/mol. The summed E-state index contributed by atoms with van der Waals surface area (Å²) in [5.41, 5.74) is 2.88. The predicted molar refractivity (Wildman–Crippen MR) is 119 cm³/mol. The third kappa shape index (κ3) is 2.28. The zero-order chi connectivity index (χ0) is 21.4. The van der Waals surface area contributed by atoms with Crippen LogP contribution in [0.2, 0.25) is 0 Å². The number of carbonyl (C=O) groups is 2. The summed E-state index contributed by atoms with van der Waals surface area (Å²) in [6.45, 7) is 0. The van der Waals surface area contributed by atoms with Crippen molar-refractivity contribution in [3.05, 3.63) is 77.8 Å². The highest BCUT2D eigenvalue weighted by Gasteiger charge is 2.72. The molecule has 6 atom stereocenters. The molecule has 0 radical (unpaired) electrons. The van der Waals surface area contributed by atoms with Crippen LogP contribution in [0.15, 0.2) is 77.3 Å². The molecule has 3 fully saturated rings. The van der Waals surface area contributed by atoms with Crippen molar-refractivity contribution in [3.8, 4) is 0 Å². The van der Waals surface area contributed by atoms with Crippen LogP contribution >= 0.6 is 11.3 Å². The Morgan fingerprint density at radius 2 is 1.53 bits per heavy atom. The number of hydrogen-bond acceptors (Lipinski definition) is 7. The Balaban J connectivity index is 1.34. The molecule has 2 bridgehead atoms.